The summed E-state index contributed by atoms with van der Waals surface area (Å²) in [6.07, 6.45) is 4.63. The lowest BCUT2D eigenvalue weighted by Crippen LogP contribution is -2.13. The van der Waals surface area contributed by atoms with E-state index in [1.807, 2.05) is 0 Å². The number of allylic oxidation sites excluding steroid dienone is 3. The van der Waals surface area contributed by atoms with Crippen LogP contribution in [0.25, 0.3) is 0 Å². The van der Waals surface area contributed by atoms with Crippen molar-refractivity contribution in [3.63, 3.8) is 0 Å². The van der Waals surface area contributed by atoms with Gasteiger partial charge in [0.25, 0.3) is 0 Å². The summed E-state index contributed by atoms with van der Waals surface area (Å²) in [6.45, 7) is 16.9. The zero-order chi connectivity index (χ0) is 16.4. The molecule has 0 aromatic rings. The molecular formula is C19H34IN. The molecule has 2 atom stereocenters. The highest BCUT2D eigenvalue weighted by molar-refractivity contribution is 14.1. The maximum absolute atomic E-state index is 3.46. The normalized spacial score (nSPS) is 15.1. The summed E-state index contributed by atoms with van der Waals surface area (Å²) in [5.74, 6) is 1.96. The van der Waals surface area contributed by atoms with Crippen molar-refractivity contribution in [1.29, 1.82) is 0 Å². The SMILES string of the molecule is CC(=C=C[C@@H](C)CI)NCCCC(C)/C(C)=C(\C)C(C)C. The smallest absolute Gasteiger partial charge is 0.0503 e. The monoisotopic (exact) mass is 403 g/mol. The van der Waals surface area contributed by atoms with Gasteiger partial charge in [-0.1, -0.05) is 61.4 Å². The Morgan fingerprint density at radius 2 is 1.71 bits per heavy atom. The highest BCUT2D eigenvalue weighted by Gasteiger charge is 2.09. The van der Waals surface area contributed by atoms with E-state index in [-0.39, 0.29) is 0 Å². The second-order valence-corrected chi connectivity index (χ2v) is 7.44. The maximum Gasteiger partial charge on any atom is 0.0503 e. The van der Waals surface area contributed by atoms with Gasteiger partial charge in [0.05, 0.1) is 5.70 Å². The van der Waals surface area contributed by atoms with Gasteiger partial charge in [-0.05, 0) is 57.4 Å². The van der Waals surface area contributed by atoms with Crippen molar-refractivity contribution in [1.82, 2.24) is 5.32 Å². The molecule has 0 radical (unpaired) electrons. The van der Waals surface area contributed by atoms with Crippen molar-refractivity contribution < 1.29 is 0 Å². The Labute approximate surface area is 146 Å². The van der Waals surface area contributed by atoms with Gasteiger partial charge < -0.3 is 5.32 Å². The number of halogens is 1. The molecule has 0 aliphatic rings. The van der Waals surface area contributed by atoms with Crippen LogP contribution < -0.4 is 5.32 Å². The summed E-state index contributed by atoms with van der Waals surface area (Å²) in [7, 11) is 0. The molecular weight excluding hydrogens is 369 g/mol. The minimum atomic E-state index is 0.606. The minimum Gasteiger partial charge on any atom is -0.382 e. The van der Waals surface area contributed by atoms with Crippen molar-refractivity contribution in [2.75, 3.05) is 11.0 Å². The van der Waals surface area contributed by atoms with E-state index in [1.165, 1.54) is 12.8 Å². The van der Waals surface area contributed by atoms with E-state index in [4.69, 9.17) is 0 Å². The topological polar surface area (TPSA) is 12.0 Å². The van der Waals surface area contributed by atoms with Crippen molar-refractivity contribution in [3.05, 3.63) is 28.7 Å². The maximum atomic E-state index is 3.46. The Kier molecular flexibility index (Phi) is 11.3. The summed E-state index contributed by atoms with van der Waals surface area (Å²) < 4.78 is 1.15. The molecule has 0 bridgehead atoms. The molecule has 21 heavy (non-hydrogen) atoms. The molecule has 1 unspecified atom stereocenters. The lowest BCUT2D eigenvalue weighted by molar-refractivity contribution is 0.551. The standard InChI is InChI=1S/C19H34IN/c1-14(2)18(6)19(7)16(4)9-8-12-21-17(5)11-10-15(3)13-20/h10,14-16,21H,8-9,12-13H2,1-7H3/b19-18+/t11?,15-,16?/m1/s1. The fraction of sp³-hybridized carbons (Fsp3) is 0.737. The predicted molar refractivity (Wildman–Crippen MR) is 105 cm³/mol. The number of hydrogen-bond acceptors (Lipinski definition) is 1. The van der Waals surface area contributed by atoms with E-state index >= 15 is 0 Å². The predicted octanol–water partition coefficient (Wildman–Crippen LogP) is 6.11. The van der Waals surface area contributed by atoms with E-state index in [2.05, 4.69) is 88.2 Å². The molecule has 1 N–H and O–H groups in total. The zero-order valence-corrected chi connectivity index (χ0v) is 17.2. The summed E-state index contributed by atoms with van der Waals surface area (Å²) in [5, 5.41) is 3.46. The van der Waals surface area contributed by atoms with Gasteiger partial charge in [0.1, 0.15) is 0 Å². The van der Waals surface area contributed by atoms with Gasteiger partial charge in [-0.15, -0.1) is 5.73 Å². The van der Waals surface area contributed by atoms with Gasteiger partial charge in [0.15, 0.2) is 0 Å². The van der Waals surface area contributed by atoms with Crippen LogP contribution in [0.2, 0.25) is 0 Å². The summed E-state index contributed by atoms with van der Waals surface area (Å²) in [6, 6.07) is 0. The number of rotatable bonds is 9. The number of alkyl halides is 1. The molecule has 0 aliphatic heterocycles. The molecule has 0 fully saturated rings. The van der Waals surface area contributed by atoms with E-state index in [0.29, 0.717) is 17.8 Å². The van der Waals surface area contributed by atoms with Crippen LogP contribution in [0.5, 0.6) is 0 Å². The van der Waals surface area contributed by atoms with E-state index < -0.39 is 0 Å². The van der Waals surface area contributed by atoms with Gasteiger partial charge >= 0.3 is 0 Å². The van der Waals surface area contributed by atoms with E-state index in [0.717, 1.165) is 16.7 Å². The van der Waals surface area contributed by atoms with Gasteiger partial charge in [0, 0.05) is 11.0 Å². The molecule has 0 saturated carbocycles. The Morgan fingerprint density at radius 3 is 2.24 bits per heavy atom. The largest absolute Gasteiger partial charge is 0.382 e. The summed E-state index contributed by atoms with van der Waals surface area (Å²) in [4.78, 5) is 0. The molecule has 2 heteroatoms. The zero-order valence-electron chi connectivity index (χ0n) is 15.0. The molecule has 122 valence electrons. The Morgan fingerprint density at radius 1 is 1.10 bits per heavy atom. The molecule has 0 spiro atoms. The average Bonchev–Trinajstić information content (AvgIpc) is 2.46. The van der Waals surface area contributed by atoms with Crippen LogP contribution in [0.4, 0.5) is 0 Å². The average molecular weight is 403 g/mol. The highest BCUT2D eigenvalue weighted by atomic mass is 127. The lowest BCUT2D eigenvalue weighted by atomic mass is 9.89. The fourth-order valence-corrected chi connectivity index (χ4v) is 2.36. The lowest BCUT2D eigenvalue weighted by Gasteiger charge is -2.18. The third-order valence-electron chi connectivity index (χ3n) is 4.26. The van der Waals surface area contributed by atoms with Crippen molar-refractivity contribution in [2.24, 2.45) is 17.8 Å². The summed E-state index contributed by atoms with van der Waals surface area (Å²) >= 11 is 2.41. The van der Waals surface area contributed by atoms with Crippen LogP contribution >= 0.6 is 22.6 Å². The van der Waals surface area contributed by atoms with Crippen LogP contribution in [0.15, 0.2) is 28.7 Å². The van der Waals surface area contributed by atoms with E-state index in [1.54, 1.807) is 11.1 Å². The van der Waals surface area contributed by atoms with Crippen LogP contribution in [0, 0.1) is 17.8 Å². The van der Waals surface area contributed by atoms with E-state index in [9.17, 15) is 0 Å². The molecule has 0 aliphatic carbocycles. The van der Waals surface area contributed by atoms with Crippen LogP contribution in [0.3, 0.4) is 0 Å². The van der Waals surface area contributed by atoms with Gasteiger partial charge in [-0.3, -0.25) is 0 Å². The second kappa shape index (κ2) is 11.4. The Bertz CT molecular complexity index is 386. The van der Waals surface area contributed by atoms with Crippen molar-refractivity contribution >= 4 is 22.6 Å². The molecule has 0 heterocycles. The third-order valence-corrected chi connectivity index (χ3v) is 5.65. The van der Waals surface area contributed by atoms with Crippen LogP contribution in [-0.2, 0) is 0 Å². The quantitative estimate of drug-likeness (QED) is 0.161. The first kappa shape index (κ1) is 20.8. The second-order valence-electron chi connectivity index (χ2n) is 6.56. The fourth-order valence-electron chi connectivity index (χ4n) is 2.11. The van der Waals surface area contributed by atoms with Crippen molar-refractivity contribution in [2.45, 2.75) is 61.3 Å². The van der Waals surface area contributed by atoms with Gasteiger partial charge in [-0.2, -0.15) is 0 Å². The van der Waals surface area contributed by atoms with Crippen LogP contribution in [0.1, 0.15) is 61.3 Å². The Hall–Kier alpha value is -0.210. The minimum absolute atomic E-state index is 0.606. The highest BCUT2D eigenvalue weighted by Crippen LogP contribution is 2.23. The van der Waals surface area contributed by atoms with Gasteiger partial charge in [0.2, 0.25) is 0 Å². The molecule has 0 aromatic heterocycles. The summed E-state index contributed by atoms with van der Waals surface area (Å²) in [5.41, 5.74) is 7.64. The molecule has 0 amide bonds. The number of hydrogen-bond donors (Lipinski definition) is 1. The first-order valence-electron chi connectivity index (χ1n) is 8.20. The van der Waals surface area contributed by atoms with Crippen molar-refractivity contribution in [3.8, 4) is 0 Å². The molecule has 0 saturated heterocycles. The third kappa shape index (κ3) is 9.42. The number of nitrogens with one attached hydrogen (secondary N) is 1. The Balaban J connectivity index is 4.17. The first-order chi connectivity index (χ1) is 9.79. The molecule has 0 rings (SSSR count). The van der Waals surface area contributed by atoms with Crippen LogP contribution in [-0.4, -0.2) is 11.0 Å². The first-order valence-corrected chi connectivity index (χ1v) is 9.72. The van der Waals surface area contributed by atoms with Gasteiger partial charge in [-0.25, -0.2) is 0 Å². The molecule has 0 aromatic carbocycles. The molecule has 1 nitrogen and oxygen atoms in total.